The van der Waals surface area contributed by atoms with E-state index in [4.69, 9.17) is 27.9 Å². The maximum atomic E-state index is 10.2. The monoisotopic (exact) mass is 331 g/mol. The van der Waals surface area contributed by atoms with Crippen molar-refractivity contribution in [2.24, 2.45) is 5.92 Å². The number of aliphatic hydroxyl groups excluding tert-OH is 1. The lowest BCUT2D eigenvalue weighted by molar-refractivity contribution is 0.0666. The Morgan fingerprint density at radius 3 is 2.81 bits per heavy atom. The summed E-state index contributed by atoms with van der Waals surface area (Å²) in [5, 5.41) is 11.2. The van der Waals surface area contributed by atoms with E-state index in [0.29, 0.717) is 22.3 Å². The number of nitrogens with zero attached hydrogens (tertiary/aromatic N) is 1. The molecule has 0 bridgehead atoms. The molecule has 1 aliphatic rings. The number of hydrogen-bond donors (Lipinski definition) is 1. The van der Waals surface area contributed by atoms with E-state index in [0.717, 1.165) is 25.4 Å². The number of halogens is 2. The largest absolute Gasteiger partial charge is 0.489 e. The van der Waals surface area contributed by atoms with Crippen LogP contribution in [-0.2, 0) is 0 Å². The number of hydrogen-bond acceptors (Lipinski definition) is 3. The zero-order chi connectivity index (χ0) is 15.2. The van der Waals surface area contributed by atoms with Gasteiger partial charge in [-0.15, -0.1) is 0 Å². The second kappa shape index (κ2) is 8.23. The quantitative estimate of drug-likeness (QED) is 0.745. The van der Waals surface area contributed by atoms with Crippen LogP contribution in [0.4, 0.5) is 0 Å². The molecule has 1 aliphatic carbocycles. The van der Waals surface area contributed by atoms with Crippen LogP contribution in [0.15, 0.2) is 18.2 Å². The van der Waals surface area contributed by atoms with Crippen molar-refractivity contribution in [3.8, 4) is 5.75 Å². The van der Waals surface area contributed by atoms with Gasteiger partial charge in [0, 0.05) is 24.2 Å². The highest BCUT2D eigenvalue weighted by Gasteiger charge is 2.25. The van der Waals surface area contributed by atoms with E-state index in [1.165, 1.54) is 12.8 Å². The first kappa shape index (κ1) is 16.9. The van der Waals surface area contributed by atoms with Crippen LogP contribution in [-0.4, -0.2) is 42.4 Å². The Morgan fingerprint density at radius 1 is 1.38 bits per heavy atom. The van der Waals surface area contributed by atoms with Crippen molar-refractivity contribution in [1.29, 1.82) is 0 Å². The lowest BCUT2D eigenvalue weighted by Crippen LogP contribution is -2.37. The van der Waals surface area contributed by atoms with Crippen molar-refractivity contribution in [2.45, 2.75) is 32.3 Å². The molecule has 0 spiro atoms. The number of aliphatic hydroxyl groups is 1. The molecule has 21 heavy (non-hydrogen) atoms. The van der Waals surface area contributed by atoms with Crippen LogP contribution >= 0.6 is 23.2 Å². The molecule has 1 aromatic rings. The molecule has 0 saturated heterocycles. The first-order valence-corrected chi connectivity index (χ1v) is 8.32. The van der Waals surface area contributed by atoms with Crippen LogP contribution in [0.5, 0.6) is 5.75 Å². The summed E-state index contributed by atoms with van der Waals surface area (Å²) in [7, 11) is 0. The molecule has 1 fully saturated rings. The van der Waals surface area contributed by atoms with Gasteiger partial charge in [0.05, 0.1) is 5.02 Å². The average molecular weight is 332 g/mol. The Kier molecular flexibility index (Phi) is 6.62. The molecule has 0 aromatic heterocycles. The van der Waals surface area contributed by atoms with Crippen LogP contribution in [0.2, 0.25) is 10.0 Å². The highest BCUT2D eigenvalue weighted by Crippen LogP contribution is 2.30. The third-order valence-corrected chi connectivity index (χ3v) is 4.09. The smallest absolute Gasteiger partial charge is 0.139 e. The molecule has 0 amide bonds. The molecule has 1 N–H and O–H groups in total. The Balaban J connectivity index is 1.79. The van der Waals surface area contributed by atoms with Crippen molar-refractivity contribution < 1.29 is 9.84 Å². The summed E-state index contributed by atoms with van der Waals surface area (Å²) < 4.78 is 5.59. The first-order valence-electron chi connectivity index (χ1n) is 7.56. The van der Waals surface area contributed by atoms with Gasteiger partial charge in [0.15, 0.2) is 0 Å². The van der Waals surface area contributed by atoms with Crippen molar-refractivity contribution in [3.05, 3.63) is 28.2 Å². The fourth-order valence-corrected chi connectivity index (χ4v) is 2.70. The van der Waals surface area contributed by atoms with E-state index >= 15 is 0 Å². The third-order valence-electron chi connectivity index (χ3n) is 3.55. The second-order valence-electron chi connectivity index (χ2n) is 5.74. The van der Waals surface area contributed by atoms with E-state index in [2.05, 4.69) is 11.8 Å². The van der Waals surface area contributed by atoms with E-state index in [9.17, 15) is 5.11 Å². The fraction of sp³-hybridized carbons (Fsp3) is 0.625. The van der Waals surface area contributed by atoms with Gasteiger partial charge < -0.3 is 14.7 Å². The summed E-state index contributed by atoms with van der Waals surface area (Å²) in [6.45, 7) is 5.14. The van der Waals surface area contributed by atoms with E-state index < -0.39 is 6.10 Å². The normalized spacial score (nSPS) is 16.2. The molecular weight excluding hydrogens is 309 g/mol. The van der Waals surface area contributed by atoms with Gasteiger partial charge in [0.1, 0.15) is 18.5 Å². The molecule has 1 saturated carbocycles. The maximum Gasteiger partial charge on any atom is 0.139 e. The van der Waals surface area contributed by atoms with Crippen LogP contribution in [0, 0.1) is 5.92 Å². The van der Waals surface area contributed by atoms with E-state index in [1.54, 1.807) is 18.2 Å². The molecule has 2 rings (SSSR count). The Bertz CT molecular complexity index is 452. The van der Waals surface area contributed by atoms with E-state index in [-0.39, 0.29) is 6.61 Å². The van der Waals surface area contributed by atoms with E-state index in [1.807, 2.05) is 0 Å². The molecule has 118 valence electrons. The van der Waals surface area contributed by atoms with Gasteiger partial charge in [-0.2, -0.15) is 0 Å². The predicted molar refractivity (Wildman–Crippen MR) is 87.4 cm³/mol. The third kappa shape index (κ3) is 6.03. The molecule has 1 atom stereocenters. The summed E-state index contributed by atoms with van der Waals surface area (Å²) in [6, 6.07) is 5.08. The summed E-state index contributed by atoms with van der Waals surface area (Å²) in [4.78, 5) is 2.32. The van der Waals surface area contributed by atoms with Crippen LogP contribution < -0.4 is 4.74 Å². The minimum Gasteiger partial charge on any atom is -0.489 e. The van der Waals surface area contributed by atoms with Gasteiger partial charge in [0.25, 0.3) is 0 Å². The average Bonchev–Trinajstić information content (AvgIpc) is 3.24. The molecule has 0 radical (unpaired) electrons. The minimum absolute atomic E-state index is 0.227. The lowest BCUT2D eigenvalue weighted by Gasteiger charge is -2.24. The summed E-state index contributed by atoms with van der Waals surface area (Å²) in [6.07, 6.45) is 3.22. The fourth-order valence-electron chi connectivity index (χ4n) is 2.36. The minimum atomic E-state index is -0.523. The van der Waals surface area contributed by atoms with Gasteiger partial charge in [0.2, 0.25) is 0 Å². The number of benzene rings is 1. The Labute approximate surface area is 136 Å². The standard InChI is InChI=1S/C16H23Cl2NO2/c1-2-7-19(9-12-3-4-12)10-14(20)11-21-16-8-13(17)5-6-15(16)18/h5-6,8,12,14,20H,2-4,7,9-11H2,1H3. The molecule has 1 aromatic carbocycles. The molecule has 0 heterocycles. The van der Waals surface area contributed by atoms with Crippen molar-refractivity contribution >= 4 is 23.2 Å². The SMILES string of the molecule is CCCN(CC(O)COc1cc(Cl)ccc1Cl)CC1CC1. The molecule has 5 heteroatoms. The second-order valence-corrected chi connectivity index (χ2v) is 6.59. The van der Waals surface area contributed by atoms with Gasteiger partial charge in [-0.25, -0.2) is 0 Å². The highest BCUT2D eigenvalue weighted by atomic mass is 35.5. The molecule has 1 unspecified atom stereocenters. The number of rotatable bonds is 9. The number of ether oxygens (including phenoxy) is 1. The summed E-state index contributed by atoms with van der Waals surface area (Å²) >= 11 is 11.9. The lowest BCUT2D eigenvalue weighted by atomic mass is 10.2. The topological polar surface area (TPSA) is 32.7 Å². The molecule has 3 nitrogen and oxygen atoms in total. The summed E-state index contributed by atoms with van der Waals surface area (Å²) in [5.41, 5.74) is 0. The molecule has 0 aliphatic heterocycles. The zero-order valence-corrected chi connectivity index (χ0v) is 13.9. The van der Waals surface area contributed by atoms with Crippen LogP contribution in [0.3, 0.4) is 0 Å². The first-order chi connectivity index (χ1) is 10.1. The van der Waals surface area contributed by atoms with Gasteiger partial charge in [-0.1, -0.05) is 30.1 Å². The van der Waals surface area contributed by atoms with Crippen LogP contribution in [0.1, 0.15) is 26.2 Å². The zero-order valence-electron chi connectivity index (χ0n) is 12.4. The van der Waals surface area contributed by atoms with Crippen molar-refractivity contribution in [3.63, 3.8) is 0 Å². The Hall–Kier alpha value is -0.480. The van der Waals surface area contributed by atoms with Gasteiger partial charge in [-0.05, 0) is 43.9 Å². The summed E-state index contributed by atoms with van der Waals surface area (Å²) in [5.74, 6) is 1.35. The maximum absolute atomic E-state index is 10.2. The van der Waals surface area contributed by atoms with Gasteiger partial charge >= 0.3 is 0 Å². The Morgan fingerprint density at radius 2 is 2.14 bits per heavy atom. The van der Waals surface area contributed by atoms with Crippen LogP contribution in [0.25, 0.3) is 0 Å². The molecular formula is C16H23Cl2NO2. The highest BCUT2D eigenvalue weighted by molar-refractivity contribution is 6.34. The van der Waals surface area contributed by atoms with Gasteiger partial charge in [-0.3, -0.25) is 0 Å². The van der Waals surface area contributed by atoms with Crippen molar-refractivity contribution in [1.82, 2.24) is 4.90 Å². The predicted octanol–water partition coefficient (Wildman–Crippen LogP) is 3.86. The van der Waals surface area contributed by atoms with Crippen molar-refractivity contribution in [2.75, 3.05) is 26.2 Å².